The molecule has 0 aliphatic carbocycles. The van der Waals surface area contributed by atoms with Gasteiger partial charge in [0.25, 0.3) is 0 Å². The van der Waals surface area contributed by atoms with Gasteiger partial charge in [0.1, 0.15) is 5.75 Å². The lowest BCUT2D eigenvalue weighted by molar-refractivity contribution is -0.143. The summed E-state index contributed by atoms with van der Waals surface area (Å²) < 4.78 is 42.8. The Balaban J connectivity index is 0.00000300. The molecular weight excluding hydrogens is 496 g/mol. The molecule has 164 valence electrons. The molecule has 0 amide bonds. The van der Waals surface area contributed by atoms with Gasteiger partial charge in [-0.25, -0.2) is 0 Å². The second kappa shape index (κ2) is 10.7. The van der Waals surface area contributed by atoms with E-state index in [1.54, 1.807) is 14.2 Å². The molecule has 1 aromatic rings. The van der Waals surface area contributed by atoms with Crippen LogP contribution in [0.15, 0.2) is 29.3 Å². The predicted octanol–water partition coefficient (Wildman–Crippen LogP) is 3.56. The molecule has 1 N–H and O–H groups in total. The first kappa shape index (κ1) is 24.0. The summed E-state index contributed by atoms with van der Waals surface area (Å²) >= 11 is 0. The molecule has 0 spiro atoms. The average Bonchev–Trinajstić information content (AvgIpc) is 3.31. The van der Waals surface area contributed by atoms with Gasteiger partial charge in [0, 0.05) is 39.1 Å². The van der Waals surface area contributed by atoms with Crippen LogP contribution in [-0.4, -0.2) is 75.4 Å². The van der Waals surface area contributed by atoms with Crippen molar-refractivity contribution in [3.8, 4) is 5.75 Å². The summed E-state index contributed by atoms with van der Waals surface area (Å²) in [6.45, 7) is 2.64. The second-order valence-corrected chi connectivity index (χ2v) is 7.64. The number of rotatable bonds is 5. The minimum Gasteiger partial charge on any atom is -0.497 e. The molecule has 2 unspecified atom stereocenters. The zero-order chi connectivity index (χ0) is 20.1. The molecular formula is C20H30F3IN4O. The van der Waals surface area contributed by atoms with Crippen molar-refractivity contribution >= 4 is 29.9 Å². The average molecular weight is 526 g/mol. The molecule has 0 saturated carbocycles. The van der Waals surface area contributed by atoms with Crippen LogP contribution in [0.1, 0.15) is 24.3 Å². The van der Waals surface area contributed by atoms with E-state index in [1.807, 2.05) is 12.1 Å². The SMILES string of the molecule is CN=C(NCC1CCN(CC(F)(F)F)C1)N1CCC(c2ccc(OC)cc2)C1.I. The van der Waals surface area contributed by atoms with E-state index in [9.17, 15) is 13.2 Å². The third kappa shape index (κ3) is 6.91. The van der Waals surface area contributed by atoms with Crippen molar-refractivity contribution in [1.82, 2.24) is 15.1 Å². The Bertz CT molecular complexity index is 669. The van der Waals surface area contributed by atoms with E-state index in [0.717, 1.165) is 37.6 Å². The highest BCUT2D eigenvalue weighted by Gasteiger charge is 2.34. The Morgan fingerprint density at radius 3 is 2.52 bits per heavy atom. The minimum absolute atomic E-state index is 0. The van der Waals surface area contributed by atoms with Crippen molar-refractivity contribution < 1.29 is 17.9 Å². The second-order valence-electron chi connectivity index (χ2n) is 7.64. The number of ether oxygens (including phenoxy) is 1. The Morgan fingerprint density at radius 1 is 1.17 bits per heavy atom. The summed E-state index contributed by atoms with van der Waals surface area (Å²) in [6.07, 6.45) is -2.28. The van der Waals surface area contributed by atoms with Gasteiger partial charge < -0.3 is 15.0 Å². The number of methoxy groups -OCH3 is 1. The van der Waals surface area contributed by atoms with Crippen LogP contribution in [0, 0.1) is 5.92 Å². The van der Waals surface area contributed by atoms with Crippen LogP contribution in [0.3, 0.4) is 0 Å². The molecule has 1 aromatic carbocycles. The van der Waals surface area contributed by atoms with Crippen LogP contribution in [0.5, 0.6) is 5.75 Å². The van der Waals surface area contributed by atoms with Crippen LogP contribution < -0.4 is 10.1 Å². The highest BCUT2D eigenvalue weighted by molar-refractivity contribution is 14.0. The molecule has 2 saturated heterocycles. The number of likely N-dealkylation sites (tertiary alicyclic amines) is 2. The van der Waals surface area contributed by atoms with Crippen molar-refractivity contribution in [2.75, 3.05) is 53.4 Å². The highest BCUT2D eigenvalue weighted by Crippen LogP contribution is 2.28. The molecule has 2 aliphatic heterocycles. The van der Waals surface area contributed by atoms with Gasteiger partial charge in [0.05, 0.1) is 13.7 Å². The largest absolute Gasteiger partial charge is 0.497 e. The monoisotopic (exact) mass is 526 g/mol. The van der Waals surface area contributed by atoms with Crippen molar-refractivity contribution in [1.29, 1.82) is 0 Å². The number of guanidine groups is 1. The third-order valence-corrected chi connectivity index (χ3v) is 5.61. The van der Waals surface area contributed by atoms with E-state index in [2.05, 4.69) is 27.3 Å². The van der Waals surface area contributed by atoms with Gasteiger partial charge in [-0.05, 0) is 43.0 Å². The lowest BCUT2D eigenvalue weighted by Gasteiger charge is -2.23. The lowest BCUT2D eigenvalue weighted by Crippen LogP contribution is -2.42. The van der Waals surface area contributed by atoms with Crippen molar-refractivity contribution in [3.05, 3.63) is 29.8 Å². The predicted molar refractivity (Wildman–Crippen MR) is 119 cm³/mol. The fourth-order valence-corrected chi connectivity index (χ4v) is 4.15. The van der Waals surface area contributed by atoms with Gasteiger partial charge in [-0.3, -0.25) is 9.89 Å². The van der Waals surface area contributed by atoms with Gasteiger partial charge >= 0.3 is 6.18 Å². The van der Waals surface area contributed by atoms with Gasteiger partial charge in [-0.2, -0.15) is 13.2 Å². The Morgan fingerprint density at radius 2 is 1.90 bits per heavy atom. The van der Waals surface area contributed by atoms with Crippen LogP contribution in [0.2, 0.25) is 0 Å². The molecule has 2 fully saturated rings. The van der Waals surface area contributed by atoms with Crippen LogP contribution in [0.25, 0.3) is 0 Å². The number of alkyl halides is 3. The first-order valence-corrected chi connectivity index (χ1v) is 9.76. The Kier molecular flexibility index (Phi) is 8.87. The van der Waals surface area contributed by atoms with Gasteiger partial charge in [0.2, 0.25) is 0 Å². The number of hydrogen-bond donors (Lipinski definition) is 1. The molecule has 0 aromatic heterocycles. The number of benzene rings is 1. The maximum Gasteiger partial charge on any atom is 0.401 e. The number of nitrogens with zero attached hydrogens (tertiary/aromatic N) is 3. The van der Waals surface area contributed by atoms with Crippen molar-refractivity contribution in [2.45, 2.75) is 24.9 Å². The molecule has 29 heavy (non-hydrogen) atoms. The summed E-state index contributed by atoms with van der Waals surface area (Å²) in [6, 6.07) is 8.18. The van der Waals surface area contributed by atoms with E-state index in [-0.39, 0.29) is 29.9 Å². The normalized spacial score (nSPS) is 23.2. The zero-order valence-electron chi connectivity index (χ0n) is 16.9. The quantitative estimate of drug-likeness (QED) is 0.362. The Hall–Kier alpha value is -1.23. The summed E-state index contributed by atoms with van der Waals surface area (Å²) in [7, 11) is 3.42. The highest BCUT2D eigenvalue weighted by atomic mass is 127. The lowest BCUT2D eigenvalue weighted by atomic mass is 9.98. The molecule has 5 nitrogen and oxygen atoms in total. The van der Waals surface area contributed by atoms with Gasteiger partial charge in [-0.15, -0.1) is 24.0 Å². The minimum atomic E-state index is -4.12. The van der Waals surface area contributed by atoms with Gasteiger partial charge in [0.15, 0.2) is 5.96 Å². The van der Waals surface area contributed by atoms with E-state index in [1.165, 1.54) is 10.5 Å². The maximum absolute atomic E-state index is 12.5. The Labute approximate surface area is 187 Å². The van der Waals surface area contributed by atoms with Crippen LogP contribution >= 0.6 is 24.0 Å². The summed E-state index contributed by atoms with van der Waals surface area (Å²) in [4.78, 5) is 8.11. The molecule has 3 rings (SSSR count). The van der Waals surface area contributed by atoms with Crippen LogP contribution in [-0.2, 0) is 0 Å². The maximum atomic E-state index is 12.5. The van der Waals surface area contributed by atoms with E-state index >= 15 is 0 Å². The molecule has 2 heterocycles. The fourth-order valence-electron chi connectivity index (χ4n) is 4.15. The fraction of sp³-hybridized carbons (Fsp3) is 0.650. The van der Waals surface area contributed by atoms with Crippen molar-refractivity contribution in [2.24, 2.45) is 10.9 Å². The molecule has 2 atom stereocenters. The van der Waals surface area contributed by atoms with E-state index in [0.29, 0.717) is 25.6 Å². The summed E-state index contributed by atoms with van der Waals surface area (Å²) in [5, 5.41) is 3.37. The number of hydrogen-bond acceptors (Lipinski definition) is 3. The number of aliphatic imine (C=N–C) groups is 1. The molecule has 0 bridgehead atoms. The van der Waals surface area contributed by atoms with E-state index < -0.39 is 12.7 Å². The summed E-state index contributed by atoms with van der Waals surface area (Å²) in [5.41, 5.74) is 1.29. The van der Waals surface area contributed by atoms with Gasteiger partial charge in [-0.1, -0.05) is 12.1 Å². The van der Waals surface area contributed by atoms with E-state index in [4.69, 9.17) is 4.74 Å². The third-order valence-electron chi connectivity index (χ3n) is 5.61. The summed E-state index contributed by atoms with van der Waals surface area (Å²) in [5.74, 6) is 2.36. The van der Waals surface area contributed by atoms with Crippen molar-refractivity contribution in [3.63, 3.8) is 0 Å². The number of halogens is 4. The van der Waals surface area contributed by atoms with Crippen LogP contribution in [0.4, 0.5) is 13.2 Å². The zero-order valence-corrected chi connectivity index (χ0v) is 19.2. The molecule has 2 aliphatic rings. The number of nitrogens with one attached hydrogen (secondary N) is 1. The first-order valence-electron chi connectivity index (χ1n) is 9.76. The smallest absolute Gasteiger partial charge is 0.401 e. The first-order chi connectivity index (χ1) is 13.4. The standard InChI is InChI=1S/C20H29F3N4O.HI/c1-24-19(25-11-15-7-9-26(12-15)14-20(21,22)23)27-10-8-17(13-27)16-3-5-18(28-2)6-4-16;/h3-6,15,17H,7-14H2,1-2H3,(H,24,25);1H. The topological polar surface area (TPSA) is 40.1 Å². The molecule has 0 radical (unpaired) electrons. The molecule has 9 heteroatoms.